The maximum absolute atomic E-state index is 14.1. The van der Waals surface area contributed by atoms with Gasteiger partial charge in [0.15, 0.2) is 0 Å². The highest BCUT2D eigenvalue weighted by atomic mass is 35.5. The van der Waals surface area contributed by atoms with Crippen LogP contribution in [0, 0.1) is 0 Å². The first-order valence-electron chi connectivity index (χ1n) is 17.1. The number of methoxy groups -OCH3 is 2. The quantitative estimate of drug-likeness (QED) is 0.371. The molecule has 0 aromatic heterocycles. The molecule has 11 nitrogen and oxygen atoms in total. The summed E-state index contributed by atoms with van der Waals surface area (Å²) in [6.07, 6.45) is 3.74. The van der Waals surface area contributed by atoms with Crippen LogP contribution in [0.2, 0.25) is 10.0 Å². The number of rotatable bonds is 9. The lowest BCUT2D eigenvalue weighted by atomic mass is 9.79. The Morgan fingerprint density at radius 3 is 1.92 bits per heavy atom. The number of halogens is 2. The number of carbonyl (C=O) groups is 4. The number of ether oxygens (including phenoxy) is 2. The standard InChI is InChI=1S/C37H42Cl2N4O7S/c1-22(44)43-23-12-13-24(43)19-25(18-23)41-14-16-42(17-15-41)31(45)20-29-33(36(46)49-2)35(32-27(38)10-7-11-28(32)39)34(37(47)50-3)30(40-29)21-51(48)26-8-5-4-6-9-26/h4-11,23-25,35,40H,12-21H2,1-3H3/t23?,24?,25?,35-,51?/m0/s1. The third-order valence-corrected chi connectivity index (χ3v) is 12.5. The number of nitrogens with one attached hydrogen (secondary N) is 1. The van der Waals surface area contributed by atoms with Crippen molar-refractivity contribution < 1.29 is 32.9 Å². The smallest absolute Gasteiger partial charge is 0.336 e. The van der Waals surface area contributed by atoms with Crippen molar-refractivity contribution in [3.63, 3.8) is 0 Å². The fourth-order valence-electron chi connectivity index (χ4n) is 8.19. The van der Waals surface area contributed by atoms with Crippen LogP contribution in [0.3, 0.4) is 0 Å². The minimum atomic E-state index is -1.63. The molecule has 4 atom stereocenters. The number of fused-ring (bicyclic) bond motifs is 2. The number of benzene rings is 2. The zero-order chi connectivity index (χ0) is 36.4. The van der Waals surface area contributed by atoms with Crippen molar-refractivity contribution >= 4 is 57.8 Å². The maximum Gasteiger partial charge on any atom is 0.336 e. The van der Waals surface area contributed by atoms with Gasteiger partial charge in [-0.25, -0.2) is 9.59 Å². The second kappa shape index (κ2) is 15.9. The minimum absolute atomic E-state index is 0.00761. The van der Waals surface area contributed by atoms with Crippen molar-refractivity contribution in [1.29, 1.82) is 0 Å². The topological polar surface area (TPSA) is 126 Å². The molecule has 3 saturated heterocycles. The molecule has 14 heteroatoms. The Morgan fingerprint density at radius 2 is 1.37 bits per heavy atom. The number of hydrogen-bond acceptors (Lipinski definition) is 9. The van der Waals surface area contributed by atoms with Gasteiger partial charge in [0.1, 0.15) is 0 Å². The van der Waals surface area contributed by atoms with Gasteiger partial charge in [-0.1, -0.05) is 47.5 Å². The summed E-state index contributed by atoms with van der Waals surface area (Å²) in [5.41, 5.74) is 0.663. The van der Waals surface area contributed by atoms with Gasteiger partial charge in [0.2, 0.25) is 11.8 Å². The molecule has 4 aliphatic heterocycles. The van der Waals surface area contributed by atoms with Crippen molar-refractivity contribution in [3.05, 3.63) is 86.7 Å². The van der Waals surface area contributed by atoms with Gasteiger partial charge in [0.25, 0.3) is 0 Å². The molecule has 2 bridgehead atoms. The number of amides is 2. The summed E-state index contributed by atoms with van der Waals surface area (Å²) in [6.45, 7) is 4.03. The van der Waals surface area contributed by atoms with E-state index < -0.39 is 28.7 Å². The summed E-state index contributed by atoms with van der Waals surface area (Å²) in [5, 5.41) is 3.54. The number of piperazine rings is 1. The second-order valence-corrected chi connectivity index (χ2v) is 15.6. The maximum atomic E-state index is 14.1. The van der Waals surface area contributed by atoms with E-state index in [1.54, 1.807) is 54.3 Å². The largest absolute Gasteiger partial charge is 0.466 e. The molecule has 0 radical (unpaired) electrons. The van der Waals surface area contributed by atoms with Crippen LogP contribution in [0.25, 0.3) is 0 Å². The van der Waals surface area contributed by atoms with Crippen molar-refractivity contribution in [2.75, 3.05) is 46.2 Å². The molecule has 0 aliphatic carbocycles. The highest BCUT2D eigenvalue weighted by Gasteiger charge is 2.45. The molecular weight excluding hydrogens is 715 g/mol. The first-order chi connectivity index (χ1) is 24.5. The summed E-state index contributed by atoms with van der Waals surface area (Å²) < 4.78 is 24.1. The van der Waals surface area contributed by atoms with Crippen LogP contribution < -0.4 is 5.32 Å². The second-order valence-electron chi connectivity index (χ2n) is 13.3. The Balaban J connectivity index is 1.30. The van der Waals surface area contributed by atoms with Gasteiger partial charge in [0, 0.05) is 83.1 Å². The van der Waals surface area contributed by atoms with Crippen molar-refractivity contribution in [3.8, 4) is 0 Å². The van der Waals surface area contributed by atoms with Crippen LogP contribution in [-0.4, -0.2) is 107 Å². The third-order valence-electron chi connectivity index (χ3n) is 10.5. The van der Waals surface area contributed by atoms with Crippen LogP contribution in [0.15, 0.2) is 76.0 Å². The molecule has 51 heavy (non-hydrogen) atoms. The molecule has 272 valence electrons. The Morgan fingerprint density at radius 1 is 0.804 bits per heavy atom. The Labute approximate surface area is 310 Å². The van der Waals surface area contributed by atoms with Crippen molar-refractivity contribution in [1.82, 2.24) is 20.0 Å². The summed E-state index contributed by atoms with van der Waals surface area (Å²) in [7, 11) is 0.803. The lowest BCUT2D eigenvalue weighted by molar-refractivity contribution is -0.137. The predicted octanol–water partition coefficient (Wildman–Crippen LogP) is 4.42. The zero-order valence-corrected chi connectivity index (χ0v) is 31.2. The summed E-state index contributed by atoms with van der Waals surface area (Å²) in [5.74, 6) is -2.98. The predicted molar refractivity (Wildman–Crippen MR) is 193 cm³/mol. The molecule has 2 aromatic rings. The van der Waals surface area contributed by atoms with Gasteiger partial charge in [-0.05, 0) is 49.9 Å². The highest BCUT2D eigenvalue weighted by Crippen LogP contribution is 2.46. The van der Waals surface area contributed by atoms with E-state index in [-0.39, 0.29) is 74.2 Å². The van der Waals surface area contributed by atoms with E-state index in [0.29, 0.717) is 37.1 Å². The van der Waals surface area contributed by atoms with E-state index in [2.05, 4.69) is 15.1 Å². The van der Waals surface area contributed by atoms with Gasteiger partial charge < -0.3 is 24.6 Å². The van der Waals surface area contributed by atoms with Gasteiger partial charge in [0.05, 0.1) is 54.3 Å². The fourth-order valence-corrected chi connectivity index (χ4v) is 9.92. The SMILES string of the molecule is COC(=O)C1=C(CC(=O)N2CCN(C3CC4CCC(C3)N4C(C)=O)CC2)NC(CS(=O)c2ccccc2)=C(C(=O)OC)[C@H]1c1c(Cl)cccc1Cl. The molecule has 0 saturated carbocycles. The molecule has 1 N–H and O–H groups in total. The number of dihydropyridines is 1. The normalized spacial score (nSPS) is 24.3. The number of esters is 2. The van der Waals surface area contributed by atoms with E-state index in [4.69, 9.17) is 32.7 Å². The van der Waals surface area contributed by atoms with Gasteiger partial charge in [-0.15, -0.1) is 0 Å². The number of piperidine rings is 1. The molecule has 3 fully saturated rings. The molecule has 2 aromatic carbocycles. The average molecular weight is 758 g/mol. The Bertz CT molecular complexity index is 1760. The van der Waals surface area contributed by atoms with E-state index in [1.807, 2.05) is 6.07 Å². The molecular formula is C37H42Cl2N4O7S. The van der Waals surface area contributed by atoms with Crippen LogP contribution in [-0.2, 0) is 39.5 Å². The molecule has 2 amide bonds. The summed E-state index contributed by atoms with van der Waals surface area (Å²) in [4.78, 5) is 60.4. The van der Waals surface area contributed by atoms with Gasteiger partial charge >= 0.3 is 11.9 Å². The lowest BCUT2D eigenvalue weighted by Gasteiger charge is -2.45. The number of nitrogens with zero attached hydrogens (tertiary/aromatic N) is 3. The van der Waals surface area contributed by atoms with E-state index in [9.17, 15) is 23.4 Å². The first-order valence-corrected chi connectivity index (χ1v) is 19.2. The van der Waals surface area contributed by atoms with Crippen molar-refractivity contribution in [2.45, 2.75) is 68.0 Å². The zero-order valence-electron chi connectivity index (χ0n) is 28.9. The number of hydrogen-bond donors (Lipinski definition) is 1. The fraction of sp³-hybridized carbons (Fsp3) is 0.459. The number of carbonyl (C=O) groups excluding carboxylic acids is 4. The molecule has 0 spiro atoms. The summed E-state index contributed by atoms with van der Waals surface area (Å²) in [6, 6.07) is 14.5. The van der Waals surface area contributed by atoms with Gasteiger partial charge in [-0.2, -0.15) is 0 Å². The highest BCUT2D eigenvalue weighted by molar-refractivity contribution is 7.85. The lowest BCUT2D eigenvalue weighted by Crippen LogP contribution is -2.57. The first kappa shape index (κ1) is 37.1. The van der Waals surface area contributed by atoms with Crippen LogP contribution in [0.5, 0.6) is 0 Å². The van der Waals surface area contributed by atoms with Gasteiger partial charge in [-0.3, -0.25) is 18.7 Å². The molecule has 4 aliphatic rings. The van der Waals surface area contributed by atoms with E-state index in [1.165, 1.54) is 14.2 Å². The van der Waals surface area contributed by atoms with E-state index >= 15 is 0 Å². The van der Waals surface area contributed by atoms with E-state index in [0.717, 1.165) is 25.7 Å². The minimum Gasteiger partial charge on any atom is -0.466 e. The van der Waals surface area contributed by atoms with Crippen LogP contribution >= 0.6 is 23.2 Å². The molecule has 3 unspecified atom stereocenters. The van der Waals surface area contributed by atoms with Crippen LogP contribution in [0.1, 0.15) is 50.5 Å². The molecule has 6 rings (SSSR count). The average Bonchev–Trinajstić information content (AvgIpc) is 3.41. The summed E-state index contributed by atoms with van der Waals surface area (Å²) >= 11 is 13.4. The molecule has 4 heterocycles. The third kappa shape index (κ3) is 7.60. The Kier molecular flexibility index (Phi) is 11.5. The monoisotopic (exact) mass is 756 g/mol. The van der Waals surface area contributed by atoms with Crippen molar-refractivity contribution in [2.24, 2.45) is 0 Å². The Hall–Kier alpha value is -3.71. The van der Waals surface area contributed by atoms with Crippen LogP contribution in [0.4, 0.5) is 0 Å².